The highest BCUT2D eigenvalue weighted by atomic mass is 15.2. The standard InChI is InChI=1S/C22H27N9/c1-3-31-21(14-9-25-12(2)26-10-14)30-19-20(27-11-28-22(19)31)29-15-6-7-17(23)16(8-15)18(24)13-4-5-13/h9-11,13,15,24H,3-8,23H2,1-2H3,(H,27,28,29). The minimum Gasteiger partial charge on any atom is -0.402 e. The van der Waals surface area contributed by atoms with Gasteiger partial charge in [-0.3, -0.25) is 0 Å². The van der Waals surface area contributed by atoms with Crippen LogP contribution in [-0.2, 0) is 6.54 Å². The summed E-state index contributed by atoms with van der Waals surface area (Å²) < 4.78 is 2.06. The van der Waals surface area contributed by atoms with Crippen molar-refractivity contribution in [2.75, 3.05) is 5.32 Å². The Kier molecular flexibility index (Phi) is 4.88. The van der Waals surface area contributed by atoms with Crippen LogP contribution in [0, 0.1) is 18.3 Å². The second-order valence-corrected chi connectivity index (χ2v) is 8.37. The first-order valence-electron chi connectivity index (χ1n) is 10.9. The van der Waals surface area contributed by atoms with E-state index < -0.39 is 0 Å². The largest absolute Gasteiger partial charge is 0.402 e. The van der Waals surface area contributed by atoms with Crippen LogP contribution in [0.5, 0.6) is 0 Å². The van der Waals surface area contributed by atoms with Gasteiger partial charge in [-0.25, -0.2) is 24.9 Å². The highest BCUT2D eigenvalue weighted by molar-refractivity contribution is 6.01. The van der Waals surface area contributed by atoms with E-state index in [1.165, 1.54) is 0 Å². The van der Waals surface area contributed by atoms with E-state index in [2.05, 4.69) is 36.7 Å². The van der Waals surface area contributed by atoms with Crippen molar-refractivity contribution in [3.05, 3.63) is 35.8 Å². The zero-order valence-corrected chi connectivity index (χ0v) is 17.9. The van der Waals surface area contributed by atoms with Gasteiger partial charge in [-0.05, 0) is 51.5 Å². The van der Waals surface area contributed by atoms with Gasteiger partial charge < -0.3 is 21.0 Å². The van der Waals surface area contributed by atoms with E-state index in [9.17, 15) is 0 Å². The van der Waals surface area contributed by atoms with Crippen molar-refractivity contribution in [1.82, 2.24) is 29.5 Å². The van der Waals surface area contributed by atoms with Crippen LogP contribution in [0.25, 0.3) is 22.6 Å². The van der Waals surface area contributed by atoms with Crippen LogP contribution in [0.15, 0.2) is 30.0 Å². The van der Waals surface area contributed by atoms with Crippen LogP contribution in [-0.4, -0.2) is 41.2 Å². The molecule has 1 saturated carbocycles. The number of fused-ring (bicyclic) bond motifs is 1. The summed E-state index contributed by atoms with van der Waals surface area (Å²) in [6.45, 7) is 4.66. The number of hydrogen-bond acceptors (Lipinski definition) is 8. The third kappa shape index (κ3) is 3.64. The topological polar surface area (TPSA) is 131 Å². The van der Waals surface area contributed by atoms with Crippen LogP contribution in [0.2, 0.25) is 0 Å². The summed E-state index contributed by atoms with van der Waals surface area (Å²) in [5.74, 6) is 2.62. The molecule has 3 aromatic heterocycles. The molecule has 1 unspecified atom stereocenters. The van der Waals surface area contributed by atoms with Crippen LogP contribution < -0.4 is 11.1 Å². The molecule has 2 aliphatic carbocycles. The molecular formula is C22H27N9. The van der Waals surface area contributed by atoms with Crippen LogP contribution in [0.4, 0.5) is 5.82 Å². The summed E-state index contributed by atoms with van der Waals surface area (Å²) >= 11 is 0. The summed E-state index contributed by atoms with van der Waals surface area (Å²) in [5.41, 5.74) is 11.3. The van der Waals surface area contributed by atoms with E-state index in [0.717, 1.165) is 84.0 Å². The average molecular weight is 418 g/mol. The maximum absolute atomic E-state index is 8.48. The highest BCUT2D eigenvalue weighted by Crippen LogP contribution is 2.37. The van der Waals surface area contributed by atoms with E-state index in [-0.39, 0.29) is 6.04 Å². The summed E-state index contributed by atoms with van der Waals surface area (Å²) in [6, 6.07) is 0.164. The second-order valence-electron chi connectivity index (χ2n) is 8.37. The van der Waals surface area contributed by atoms with Crippen LogP contribution in [0.3, 0.4) is 0 Å². The van der Waals surface area contributed by atoms with E-state index in [4.69, 9.17) is 16.1 Å². The molecule has 31 heavy (non-hydrogen) atoms. The molecule has 2 aliphatic rings. The Hall–Kier alpha value is -3.36. The number of rotatable bonds is 6. The molecule has 1 atom stereocenters. The molecule has 0 radical (unpaired) electrons. The van der Waals surface area contributed by atoms with Gasteiger partial charge in [0.2, 0.25) is 0 Å². The van der Waals surface area contributed by atoms with Gasteiger partial charge >= 0.3 is 0 Å². The fourth-order valence-corrected chi connectivity index (χ4v) is 4.25. The minimum atomic E-state index is 0.164. The average Bonchev–Trinajstić information content (AvgIpc) is 3.56. The molecular weight excluding hydrogens is 390 g/mol. The molecule has 0 aromatic carbocycles. The maximum atomic E-state index is 8.48. The number of hydrogen-bond donors (Lipinski definition) is 3. The molecule has 160 valence electrons. The lowest BCUT2D eigenvalue weighted by molar-refractivity contribution is 0.607. The van der Waals surface area contributed by atoms with Gasteiger partial charge in [0.05, 0.1) is 5.56 Å². The highest BCUT2D eigenvalue weighted by Gasteiger charge is 2.32. The Morgan fingerprint density at radius 3 is 2.68 bits per heavy atom. The van der Waals surface area contributed by atoms with Gasteiger partial charge in [0.15, 0.2) is 17.0 Å². The molecule has 1 fully saturated rings. The van der Waals surface area contributed by atoms with Gasteiger partial charge in [0.25, 0.3) is 0 Å². The second kappa shape index (κ2) is 7.72. The lowest BCUT2D eigenvalue weighted by Crippen LogP contribution is -2.29. The summed E-state index contributed by atoms with van der Waals surface area (Å²) in [7, 11) is 0. The molecule has 0 amide bonds. The number of nitrogens with one attached hydrogen (secondary N) is 2. The summed E-state index contributed by atoms with van der Waals surface area (Å²) in [4.78, 5) is 22.5. The first-order valence-corrected chi connectivity index (χ1v) is 10.9. The normalized spacial score (nSPS) is 19.1. The van der Waals surface area contributed by atoms with E-state index in [1.807, 2.05) is 6.92 Å². The number of allylic oxidation sites excluding steroid dienone is 1. The number of imidazole rings is 1. The molecule has 0 spiro atoms. The Morgan fingerprint density at radius 2 is 1.97 bits per heavy atom. The van der Waals surface area contributed by atoms with Crippen molar-refractivity contribution in [1.29, 1.82) is 5.41 Å². The van der Waals surface area contributed by atoms with Crippen molar-refractivity contribution >= 4 is 22.7 Å². The fourth-order valence-electron chi connectivity index (χ4n) is 4.25. The molecule has 9 heteroatoms. The molecule has 9 nitrogen and oxygen atoms in total. The Labute approximate surface area is 180 Å². The van der Waals surface area contributed by atoms with Crippen LogP contribution >= 0.6 is 0 Å². The molecule has 5 rings (SSSR count). The van der Waals surface area contributed by atoms with Gasteiger partial charge in [0, 0.05) is 42.3 Å². The zero-order chi connectivity index (χ0) is 21.5. The van der Waals surface area contributed by atoms with E-state index in [1.54, 1.807) is 18.7 Å². The predicted octanol–water partition coefficient (Wildman–Crippen LogP) is 3.22. The SMILES string of the molecule is CCn1c(-c2cnc(C)nc2)nc2c(NC3CCC(N)=C(C(=N)C4CC4)C3)ncnc21. The molecule has 3 heterocycles. The lowest BCUT2D eigenvalue weighted by Gasteiger charge is -2.27. The van der Waals surface area contributed by atoms with Gasteiger partial charge in [-0.15, -0.1) is 0 Å². The van der Waals surface area contributed by atoms with E-state index in [0.29, 0.717) is 11.7 Å². The fraction of sp³-hybridized carbons (Fsp3) is 0.455. The molecule has 0 aliphatic heterocycles. The monoisotopic (exact) mass is 417 g/mol. The molecule has 4 N–H and O–H groups in total. The quantitative estimate of drug-likeness (QED) is 0.525. The summed E-state index contributed by atoms with van der Waals surface area (Å²) in [5, 5.41) is 12.0. The number of anilines is 1. The van der Waals surface area contributed by atoms with E-state index >= 15 is 0 Å². The zero-order valence-electron chi connectivity index (χ0n) is 17.9. The minimum absolute atomic E-state index is 0.164. The maximum Gasteiger partial charge on any atom is 0.165 e. The summed E-state index contributed by atoms with van der Waals surface area (Å²) in [6.07, 6.45) is 9.84. The number of nitrogens with zero attached hydrogens (tertiary/aromatic N) is 6. The third-order valence-electron chi connectivity index (χ3n) is 6.14. The first kappa shape index (κ1) is 19.6. The Morgan fingerprint density at radius 1 is 1.19 bits per heavy atom. The van der Waals surface area contributed by atoms with Crippen molar-refractivity contribution < 1.29 is 0 Å². The van der Waals surface area contributed by atoms with Gasteiger partial charge in [0.1, 0.15) is 18.0 Å². The first-order chi connectivity index (χ1) is 15.0. The predicted molar refractivity (Wildman–Crippen MR) is 120 cm³/mol. The van der Waals surface area contributed by atoms with Crippen molar-refractivity contribution in [2.24, 2.45) is 11.7 Å². The third-order valence-corrected chi connectivity index (χ3v) is 6.14. The van der Waals surface area contributed by atoms with Crippen LogP contribution in [0.1, 0.15) is 44.9 Å². The van der Waals surface area contributed by atoms with Gasteiger partial charge in [-0.1, -0.05) is 0 Å². The molecule has 3 aromatic rings. The number of nitrogens with two attached hydrogens (primary N) is 1. The molecule has 0 bridgehead atoms. The molecule has 0 saturated heterocycles. The van der Waals surface area contributed by atoms with Crippen molar-refractivity contribution in [3.63, 3.8) is 0 Å². The smallest absolute Gasteiger partial charge is 0.165 e. The van der Waals surface area contributed by atoms with Crippen molar-refractivity contribution in [2.45, 2.75) is 58.5 Å². The Bertz CT molecular complexity index is 1170. The number of aromatic nitrogens is 6. The Balaban J connectivity index is 1.47. The van der Waals surface area contributed by atoms with Gasteiger partial charge in [-0.2, -0.15) is 0 Å². The lowest BCUT2D eigenvalue weighted by atomic mass is 9.88. The number of aryl methyl sites for hydroxylation is 2. The van der Waals surface area contributed by atoms with Crippen molar-refractivity contribution in [3.8, 4) is 11.4 Å².